The van der Waals surface area contributed by atoms with Gasteiger partial charge >= 0.3 is 5.97 Å². The summed E-state index contributed by atoms with van der Waals surface area (Å²) in [5, 5.41) is 8.74. The molecular weight excluding hydrogens is 304 g/mol. The van der Waals surface area contributed by atoms with E-state index < -0.39 is 16.8 Å². The van der Waals surface area contributed by atoms with Crippen molar-refractivity contribution in [1.29, 1.82) is 0 Å². The Balaban J connectivity index is 1.62. The van der Waals surface area contributed by atoms with E-state index in [9.17, 15) is 9.00 Å². The first-order valence-corrected chi connectivity index (χ1v) is 8.42. The van der Waals surface area contributed by atoms with Crippen molar-refractivity contribution in [2.75, 3.05) is 12.4 Å². The number of hydrogen-bond donors (Lipinski definition) is 1. The van der Waals surface area contributed by atoms with Gasteiger partial charge in [0, 0.05) is 23.2 Å². The molecule has 2 rings (SSSR count). The predicted octanol–water partition coefficient (Wildman–Crippen LogP) is 2.83. The van der Waals surface area contributed by atoms with Gasteiger partial charge in [-0.1, -0.05) is 30.3 Å². The highest BCUT2D eigenvalue weighted by Crippen LogP contribution is 2.10. The standard InChI is InChI=1S/C16H18O5S/c17-16(18)15-8-7-14(21-15)12-22(19)10-4-9-20-11-13-5-2-1-3-6-13/h1-3,5-8H,4,9-12H2,(H,17,18). The summed E-state index contributed by atoms with van der Waals surface area (Å²) in [6.45, 7) is 1.09. The van der Waals surface area contributed by atoms with Crippen molar-refractivity contribution in [3.63, 3.8) is 0 Å². The molecule has 1 aromatic carbocycles. The maximum Gasteiger partial charge on any atom is 0.371 e. The SMILES string of the molecule is O=C(O)c1ccc(CS(=O)CCCOCc2ccccc2)o1. The van der Waals surface area contributed by atoms with Gasteiger partial charge in [-0.25, -0.2) is 4.79 Å². The van der Waals surface area contributed by atoms with Crippen LogP contribution in [0.4, 0.5) is 0 Å². The zero-order valence-corrected chi connectivity index (χ0v) is 12.9. The molecule has 0 bridgehead atoms. The Labute approximate surface area is 131 Å². The molecule has 1 N–H and O–H groups in total. The largest absolute Gasteiger partial charge is 0.475 e. The molecule has 0 aliphatic heterocycles. The molecule has 5 nitrogen and oxygen atoms in total. The third-order valence-corrected chi connectivity index (χ3v) is 4.30. The van der Waals surface area contributed by atoms with Gasteiger partial charge in [0.1, 0.15) is 5.76 Å². The van der Waals surface area contributed by atoms with Gasteiger partial charge in [-0.15, -0.1) is 0 Å². The number of furan rings is 1. The minimum Gasteiger partial charge on any atom is -0.475 e. The molecule has 0 radical (unpaired) electrons. The molecule has 1 unspecified atom stereocenters. The smallest absolute Gasteiger partial charge is 0.371 e. The normalized spacial score (nSPS) is 12.2. The van der Waals surface area contributed by atoms with Gasteiger partial charge in [-0.2, -0.15) is 0 Å². The molecule has 0 aliphatic rings. The van der Waals surface area contributed by atoms with Crippen molar-refractivity contribution < 1.29 is 23.3 Å². The van der Waals surface area contributed by atoms with E-state index in [0.717, 1.165) is 5.56 Å². The van der Waals surface area contributed by atoms with E-state index in [1.54, 1.807) is 6.07 Å². The molecule has 0 saturated carbocycles. The summed E-state index contributed by atoms with van der Waals surface area (Å²) in [6, 6.07) is 12.8. The summed E-state index contributed by atoms with van der Waals surface area (Å²) in [4.78, 5) is 10.7. The molecule has 118 valence electrons. The summed E-state index contributed by atoms with van der Waals surface area (Å²) in [5.74, 6) is -0.0883. The lowest BCUT2D eigenvalue weighted by Crippen LogP contribution is -2.04. The second kappa shape index (κ2) is 8.51. The molecule has 22 heavy (non-hydrogen) atoms. The summed E-state index contributed by atoms with van der Waals surface area (Å²) in [7, 11) is -1.09. The van der Waals surface area contributed by atoms with E-state index in [-0.39, 0.29) is 11.5 Å². The highest BCUT2D eigenvalue weighted by molar-refractivity contribution is 7.84. The van der Waals surface area contributed by atoms with Crippen LogP contribution in [0.15, 0.2) is 46.9 Å². The van der Waals surface area contributed by atoms with Gasteiger partial charge in [0.15, 0.2) is 0 Å². The van der Waals surface area contributed by atoms with E-state index in [1.165, 1.54) is 6.07 Å². The fourth-order valence-electron chi connectivity index (χ4n) is 1.89. The maximum absolute atomic E-state index is 11.9. The van der Waals surface area contributed by atoms with Crippen LogP contribution < -0.4 is 0 Å². The third-order valence-electron chi connectivity index (χ3n) is 2.95. The van der Waals surface area contributed by atoms with Gasteiger partial charge in [0.2, 0.25) is 5.76 Å². The molecular formula is C16H18O5S. The molecule has 0 amide bonds. The first-order chi connectivity index (χ1) is 10.6. The van der Waals surface area contributed by atoms with E-state index >= 15 is 0 Å². The fraction of sp³-hybridized carbons (Fsp3) is 0.312. The van der Waals surface area contributed by atoms with Crippen LogP contribution in [0.5, 0.6) is 0 Å². The van der Waals surface area contributed by atoms with Gasteiger partial charge < -0.3 is 14.3 Å². The van der Waals surface area contributed by atoms with Crippen molar-refractivity contribution in [2.24, 2.45) is 0 Å². The van der Waals surface area contributed by atoms with Gasteiger partial charge in [0.25, 0.3) is 0 Å². The quantitative estimate of drug-likeness (QED) is 0.718. The number of carbonyl (C=O) groups is 1. The molecule has 0 fully saturated rings. The van der Waals surface area contributed by atoms with Crippen molar-refractivity contribution in [1.82, 2.24) is 0 Å². The zero-order chi connectivity index (χ0) is 15.8. The Kier molecular flexibility index (Phi) is 6.36. The average Bonchev–Trinajstić information content (AvgIpc) is 2.96. The van der Waals surface area contributed by atoms with Crippen LogP contribution in [0.2, 0.25) is 0 Å². The highest BCUT2D eigenvalue weighted by Gasteiger charge is 2.11. The summed E-state index contributed by atoms with van der Waals surface area (Å²) in [6.07, 6.45) is 0.686. The molecule has 6 heteroatoms. The molecule has 1 heterocycles. The second-order valence-electron chi connectivity index (χ2n) is 4.75. The third kappa shape index (κ3) is 5.46. The number of benzene rings is 1. The molecule has 0 spiro atoms. The first-order valence-electron chi connectivity index (χ1n) is 6.94. The van der Waals surface area contributed by atoms with Crippen molar-refractivity contribution in [3.8, 4) is 0 Å². The molecule has 1 aromatic heterocycles. The molecule has 0 aliphatic carbocycles. The molecule has 2 aromatic rings. The molecule has 1 atom stereocenters. The van der Waals surface area contributed by atoms with E-state index in [2.05, 4.69) is 0 Å². The van der Waals surface area contributed by atoms with Crippen LogP contribution >= 0.6 is 0 Å². The number of aromatic carboxylic acids is 1. The van der Waals surface area contributed by atoms with Crippen LogP contribution in [0.25, 0.3) is 0 Å². The van der Waals surface area contributed by atoms with Crippen LogP contribution in [0, 0.1) is 0 Å². The lowest BCUT2D eigenvalue weighted by Gasteiger charge is -2.04. The summed E-state index contributed by atoms with van der Waals surface area (Å²) < 4.78 is 22.5. The van der Waals surface area contributed by atoms with Crippen LogP contribution in [0.1, 0.15) is 28.3 Å². The lowest BCUT2D eigenvalue weighted by atomic mass is 10.2. The van der Waals surface area contributed by atoms with Crippen molar-refractivity contribution in [2.45, 2.75) is 18.8 Å². The van der Waals surface area contributed by atoms with E-state index in [4.69, 9.17) is 14.3 Å². The summed E-state index contributed by atoms with van der Waals surface area (Å²) >= 11 is 0. The van der Waals surface area contributed by atoms with Crippen LogP contribution in [-0.2, 0) is 27.9 Å². The van der Waals surface area contributed by atoms with Gasteiger partial charge in [-0.3, -0.25) is 4.21 Å². The van der Waals surface area contributed by atoms with E-state index in [0.29, 0.717) is 31.1 Å². The highest BCUT2D eigenvalue weighted by atomic mass is 32.2. The maximum atomic E-state index is 11.9. The average molecular weight is 322 g/mol. The monoisotopic (exact) mass is 322 g/mol. The van der Waals surface area contributed by atoms with E-state index in [1.807, 2.05) is 30.3 Å². The van der Waals surface area contributed by atoms with Crippen LogP contribution in [-0.4, -0.2) is 27.6 Å². The number of carboxylic acid groups (broad SMARTS) is 1. The minimum atomic E-state index is -1.12. The van der Waals surface area contributed by atoms with Crippen LogP contribution in [0.3, 0.4) is 0 Å². The minimum absolute atomic E-state index is 0.127. The lowest BCUT2D eigenvalue weighted by molar-refractivity contribution is 0.0661. The number of ether oxygens (including phenoxy) is 1. The van der Waals surface area contributed by atoms with Gasteiger partial charge in [0.05, 0.1) is 12.4 Å². The summed E-state index contributed by atoms with van der Waals surface area (Å²) in [5.41, 5.74) is 1.11. The fourth-order valence-corrected chi connectivity index (χ4v) is 2.94. The number of carboxylic acids is 1. The van der Waals surface area contributed by atoms with Crippen molar-refractivity contribution in [3.05, 3.63) is 59.5 Å². The Morgan fingerprint density at radius 3 is 2.64 bits per heavy atom. The Bertz CT molecular complexity index is 620. The zero-order valence-electron chi connectivity index (χ0n) is 12.1. The first kappa shape index (κ1) is 16.5. The topological polar surface area (TPSA) is 76.7 Å². The Morgan fingerprint density at radius 1 is 1.18 bits per heavy atom. The Morgan fingerprint density at radius 2 is 1.95 bits per heavy atom. The van der Waals surface area contributed by atoms with Crippen molar-refractivity contribution >= 4 is 16.8 Å². The number of rotatable bonds is 9. The Hall–Kier alpha value is -1.92. The van der Waals surface area contributed by atoms with Gasteiger partial charge in [-0.05, 0) is 24.1 Å². The molecule has 0 saturated heterocycles. The second-order valence-corrected chi connectivity index (χ2v) is 6.33. The predicted molar refractivity (Wildman–Crippen MR) is 83.1 cm³/mol. The number of hydrogen-bond acceptors (Lipinski definition) is 4.